The lowest BCUT2D eigenvalue weighted by Gasteiger charge is -2.25. The SMILES string of the molecule is CCCNC(C1=CCCCC1)c1ccc(C(C)C)cc1. The van der Waals surface area contributed by atoms with E-state index >= 15 is 0 Å². The number of hydrogen-bond acceptors (Lipinski definition) is 1. The zero-order valence-electron chi connectivity index (χ0n) is 13.3. The zero-order valence-corrected chi connectivity index (χ0v) is 13.3. The van der Waals surface area contributed by atoms with Crippen LogP contribution in [0.1, 0.15) is 76.0 Å². The monoisotopic (exact) mass is 271 g/mol. The van der Waals surface area contributed by atoms with E-state index in [0.29, 0.717) is 12.0 Å². The minimum atomic E-state index is 0.427. The molecule has 1 unspecified atom stereocenters. The third-order valence-electron chi connectivity index (χ3n) is 4.23. The van der Waals surface area contributed by atoms with Gasteiger partial charge in [0.15, 0.2) is 0 Å². The Balaban J connectivity index is 2.18. The molecule has 1 N–H and O–H groups in total. The maximum absolute atomic E-state index is 3.74. The van der Waals surface area contributed by atoms with Gasteiger partial charge in [-0.2, -0.15) is 0 Å². The molecule has 0 aliphatic heterocycles. The second kappa shape index (κ2) is 7.64. The van der Waals surface area contributed by atoms with E-state index in [9.17, 15) is 0 Å². The van der Waals surface area contributed by atoms with Crippen molar-refractivity contribution in [3.63, 3.8) is 0 Å². The van der Waals surface area contributed by atoms with Crippen LogP contribution in [-0.2, 0) is 0 Å². The number of rotatable bonds is 6. The van der Waals surface area contributed by atoms with Crippen LogP contribution in [0.5, 0.6) is 0 Å². The van der Waals surface area contributed by atoms with E-state index in [1.807, 2.05) is 0 Å². The maximum Gasteiger partial charge on any atom is 0.0536 e. The highest BCUT2D eigenvalue weighted by Crippen LogP contribution is 2.30. The molecule has 0 amide bonds. The summed E-state index contributed by atoms with van der Waals surface area (Å²) in [6.45, 7) is 7.84. The van der Waals surface area contributed by atoms with Crippen molar-refractivity contribution in [1.29, 1.82) is 0 Å². The van der Waals surface area contributed by atoms with Crippen molar-refractivity contribution >= 4 is 0 Å². The van der Waals surface area contributed by atoms with E-state index in [1.54, 1.807) is 5.57 Å². The first-order valence-electron chi connectivity index (χ1n) is 8.24. The van der Waals surface area contributed by atoms with Crippen LogP contribution in [0, 0.1) is 0 Å². The summed E-state index contributed by atoms with van der Waals surface area (Å²) in [5, 5.41) is 3.74. The molecule has 1 aliphatic carbocycles. The summed E-state index contributed by atoms with van der Waals surface area (Å²) in [6.07, 6.45) is 8.87. The van der Waals surface area contributed by atoms with Crippen molar-refractivity contribution in [1.82, 2.24) is 5.32 Å². The third-order valence-corrected chi connectivity index (χ3v) is 4.23. The molecule has 0 spiro atoms. The molecule has 1 aromatic rings. The van der Waals surface area contributed by atoms with Gasteiger partial charge in [0, 0.05) is 0 Å². The molecule has 0 aromatic heterocycles. The molecule has 0 fully saturated rings. The largest absolute Gasteiger partial charge is 0.307 e. The van der Waals surface area contributed by atoms with Crippen LogP contribution in [0.3, 0.4) is 0 Å². The Morgan fingerprint density at radius 2 is 1.75 bits per heavy atom. The van der Waals surface area contributed by atoms with Crippen molar-refractivity contribution < 1.29 is 0 Å². The summed E-state index contributed by atoms with van der Waals surface area (Å²) in [5.41, 5.74) is 4.46. The summed E-state index contributed by atoms with van der Waals surface area (Å²) in [7, 11) is 0. The molecule has 1 aromatic carbocycles. The Morgan fingerprint density at radius 3 is 2.30 bits per heavy atom. The first kappa shape index (κ1) is 15.3. The van der Waals surface area contributed by atoms with Gasteiger partial charge in [0.1, 0.15) is 0 Å². The van der Waals surface area contributed by atoms with Crippen LogP contribution in [0.4, 0.5) is 0 Å². The highest BCUT2D eigenvalue weighted by atomic mass is 14.9. The summed E-state index contributed by atoms with van der Waals surface area (Å²) in [5.74, 6) is 0.611. The third kappa shape index (κ3) is 3.96. The number of nitrogens with one attached hydrogen (secondary N) is 1. The Hall–Kier alpha value is -1.08. The molecule has 20 heavy (non-hydrogen) atoms. The molecule has 1 atom stereocenters. The molecule has 1 heteroatoms. The Morgan fingerprint density at radius 1 is 1.05 bits per heavy atom. The van der Waals surface area contributed by atoms with Crippen LogP contribution in [0.2, 0.25) is 0 Å². The predicted octanol–water partition coefficient (Wildman–Crippen LogP) is 5.35. The van der Waals surface area contributed by atoms with Crippen molar-refractivity contribution in [2.75, 3.05) is 6.54 Å². The molecule has 1 nitrogen and oxygen atoms in total. The number of hydrogen-bond donors (Lipinski definition) is 1. The molecule has 1 aliphatic rings. The second-order valence-electron chi connectivity index (χ2n) is 6.23. The Labute approximate surface area is 124 Å². The van der Waals surface area contributed by atoms with Gasteiger partial charge < -0.3 is 5.32 Å². The first-order valence-corrected chi connectivity index (χ1v) is 8.24. The van der Waals surface area contributed by atoms with Crippen LogP contribution in [0.25, 0.3) is 0 Å². The number of allylic oxidation sites excluding steroid dienone is 1. The van der Waals surface area contributed by atoms with Crippen molar-refractivity contribution in [3.8, 4) is 0 Å². The molecule has 0 saturated heterocycles. The number of benzene rings is 1. The van der Waals surface area contributed by atoms with Gasteiger partial charge in [-0.15, -0.1) is 0 Å². The van der Waals surface area contributed by atoms with Gasteiger partial charge in [0.2, 0.25) is 0 Å². The first-order chi connectivity index (χ1) is 9.72. The topological polar surface area (TPSA) is 12.0 Å². The highest BCUT2D eigenvalue weighted by molar-refractivity contribution is 5.32. The van der Waals surface area contributed by atoms with Crippen molar-refractivity contribution in [3.05, 3.63) is 47.0 Å². The van der Waals surface area contributed by atoms with Gasteiger partial charge in [-0.05, 0) is 55.7 Å². The fourth-order valence-corrected chi connectivity index (χ4v) is 2.95. The summed E-state index contributed by atoms with van der Waals surface area (Å²) in [4.78, 5) is 0. The van der Waals surface area contributed by atoms with E-state index in [0.717, 1.165) is 6.54 Å². The molecule has 0 saturated carbocycles. The van der Waals surface area contributed by atoms with E-state index in [1.165, 1.54) is 43.2 Å². The molecule has 0 heterocycles. The smallest absolute Gasteiger partial charge is 0.0536 e. The summed E-state index contributed by atoms with van der Waals surface area (Å²) < 4.78 is 0. The fraction of sp³-hybridized carbons (Fsp3) is 0.579. The van der Waals surface area contributed by atoms with Crippen molar-refractivity contribution in [2.45, 2.75) is 64.8 Å². The highest BCUT2D eigenvalue weighted by Gasteiger charge is 2.17. The lowest BCUT2D eigenvalue weighted by Crippen LogP contribution is -2.24. The van der Waals surface area contributed by atoms with Crippen molar-refractivity contribution in [2.24, 2.45) is 0 Å². The maximum atomic E-state index is 3.74. The van der Waals surface area contributed by atoms with Gasteiger partial charge in [0.05, 0.1) is 6.04 Å². The molecule has 2 rings (SSSR count). The quantitative estimate of drug-likeness (QED) is 0.688. The van der Waals surface area contributed by atoms with Crippen LogP contribution in [0.15, 0.2) is 35.9 Å². The Bertz CT molecular complexity index is 428. The zero-order chi connectivity index (χ0) is 14.4. The van der Waals surface area contributed by atoms with Gasteiger partial charge in [-0.25, -0.2) is 0 Å². The molecular formula is C19H29N. The normalized spacial score (nSPS) is 17.1. The average molecular weight is 271 g/mol. The average Bonchev–Trinajstić information content (AvgIpc) is 2.49. The van der Waals surface area contributed by atoms with Crippen LogP contribution < -0.4 is 5.32 Å². The van der Waals surface area contributed by atoms with Gasteiger partial charge in [0.25, 0.3) is 0 Å². The molecule has 0 radical (unpaired) electrons. The fourth-order valence-electron chi connectivity index (χ4n) is 2.95. The van der Waals surface area contributed by atoms with Gasteiger partial charge in [-0.3, -0.25) is 0 Å². The summed E-state index contributed by atoms with van der Waals surface area (Å²) >= 11 is 0. The van der Waals surface area contributed by atoms with E-state index in [-0.39, 0.29) is 0 Å². The Kier molecular flexibility index (Phi) is 5.85. The van der Waals surface area contributed by atoms with Gasteiger partial charge in [-0.1, -0.05) is 56.7 Å². The predicted molar refractivity (Wildman–Crippen MR) is 88.1 cm³/mol. The molecule has 110 valence electrons. The van der Waals surface area contributed by atoms with Gasteiger partial charge >= 0.3 is 0 Å². The lowest BCUT2D eigenvalue weighted by atomic mass is 9.89. The minimum absolute atomic E-state index is 0.427. The van der Waals surface area contributed by atoms with E-state index in [4.69, 9.17) is 0 Å². The van der Waals surface area contributed by atoms with E-state index in [2.05, 4.69) is 56.4 Å². The molecular weight excluding hydrogens is 242 g/mol. The van der Waals surface area contributed by atoms with E-state index < -0.39 is 0 Å². The molecule has 0 bridgehead atoms. The summed E-state index contributed by atoms with van der Waals surface area (Å²) in [6, 6.07) is 9.65. The van der Waals surface area contributed by atoms with Crippen LogP contribution >= 0.6 is 0 Å². The standard InChI is InChI=1S/C19H29N/c1-4-14-20-19(17-8-6-5-7-9-17)18-12-10-16(11-13-18)15(2)3/h8,10-13,15,19-20H,4-7,9,14H2,1-3H3. The van der Waals surface area contributed by atoms with Crippen LogP contribution in [-0.4, -0.2) is 6.54 Å². The lowest BCUT2D eigenvalue weighted by molar-refractivity contribution is 0.546. The second-order valence-corrected chi connectivity index (χ2v) is 6.23. The minimum Gasteiger partial charge on any atom is -0.307 e.